The fraction of sp³-hybridized carbons (Fsp3) is 0.357. The topological polar surface area (TPSA) is 101 Å². The molecule has 3 fully saturated rings. The Morgan fingerprint density at radius 2 is 1.61 bits per heavy atom. The first-order valence-corrected chi connectivity index (χ1v) is 12.5. The molecule has 1 atom stereocenters. The first kappa shape index (κ1) is 22.8. The number of aliphatic hydroxyl groups is 1. The van der Waals surface area contributed by atoms with Gasteiger partial charge in [0.2, 0.25) is 5.60 Å². The van der Waals surface area contributed by atoms with Crippen molar-refractivity contribution in [3.05, 3.63) is 89.5 Å². The molecule has 4 aliphatic rings. The van der Waals surface area contributed by atoms with Crippen LogP contribution in [0.25, 0.3) is 0 Å². The lowest BCUT2D eigenvalue weighted by Gasteiger charge is -2.51. The maximum absolute atomic E-state index is 13.8. The van der Waals surface area contributed by atoms with Gasteiger partial charge in [0.1, 0.15) is 12.9 Å². The third-order valence-corrected chi connectivity index (χ3v) is 8.11. The van der Waals surface area contributed by atoms with E-state index in [0.29, 0.717) is 40.8 Å². The Morgan fingerprint density at radius 1 is 1.00 bits per heavy atom. The Kier molecular flexibility index (Phi) is 5.58. The van der Waals surface area contributed by atoms with Gasteiger partial charge in [-0.15, -0.1) is 0 Å². The van der Waals surface area contributed by atoms with E-state index in [1.165, 1.54) is 6.33 Å². The highest BCUT2D eigenvalue weighted by Gasteiger charge is 2.52. The Balaban J connectivity index is 1.23. The second-order valence-electron chi connectivity index (χ2n) is 10.3. The molecule has 8 nitrogen and oxygen atoms in total. The predicted octanol–water partition coefficient (Wildman–Crippen LogP) is 2.41. The van der Waals surface area contributed by atoms with Gasteiger partial charge in [0.15, 0.2) is 12.6 Å². The van der Waals surface area contributed by atoms with E-state index in [1.54, 1.807) is 12.4 Å². The van der Waals surface area contributed by atoms with Crippen LogP contribution in [-0.2, 0) is 26.3 Å². The van der Waals surface area contributed by atoms with Gasteiger partial charge in [0.05, 0.1) is 31.2 Å². The number of amides is 1. The number of fused-ring (bicyclic) bond motifs is 5. The summed E-state index contributed by atoms with van der Waals surface area (Å²) in [5.74, 6) is -0.508. The number of ether oxygens (including phenoxy) is 1. The SMILES string of the molecule is O=C(C[N+]12CCC(CC1)[C@@H](OC(=O)C1(O)c3ccccc3Cc3ccccc31)C2)Nc1cncnc1. The maximum atomic E-state index is 13.8. The average molecular weight is 486 g/mol. The Labute approximate surface area is 209 Å². The first-order chi connectivity index (χ1) is 17.5. The second-order valence-corrected chi connectivity index (χ2v) is 10.3. The summed E-state index contributed by atoms with van der Waals surface area (Å²) < 4.78 is 6.72. The van der Waals surface area contributed by atoms with Crippen molar-refractivity contribution in [2.24, 2.45) is 5.92 Å². The molecule has 3 saturated heterocycles. The van der Waals surface area contributed by atoms with E-state index < -0.39 is 11.6 Å². The van der Waals surface area contributed by atoms with Crippen molar-refractivity contribution < 1.29 is 23.9 Å². The number of quaternary nitrogens is 1. The van der Waals surface area contributed by atoms with E-state index >= 15 is 0 Å². The Hall–Kier alpha value is -3.62. The molecule has 36 heavy (non-hydrogen) atoms. The number of hydrogen-bond donors (Lipinski definition) is 2. The minimum absolute atomic E-state index is 0.107. The van der Waals surface area contributed by atoms with Crippen LogP contribution in [0.1, 0.15) is 35.1 Å². The minimum Gasteiger partial charge on any atom is -0.453 e. The Bertz CT molecular complexity index is 1260. The number of nitrogens with one attached hydrogen (secondary N) is 1. The average Bonchev–Trinajstić information content (AvgIpc) is 2.90. The molecule has 0 unspecified atom stereocenters. The number of benzene rings is 2. The summed E-state index contributed by atoms with van der Waals surface area (Å²) in [7, 11) is 0. The lowest BCUT2D eigenvalue weighted by Crippen LogP contribution is -2.66. The van der Waals surface area contributed by atoms with E-state index in [1.807, 2.05) is 48.5 Å². The highest BCUT2D eigenvalue weighted by Crippen LogP contribution is 2.42. The number of aromatic nitrogens is 2. The van der Waals surface area contributed by atoms with Crippen LogP contribution in [0.15, 0.2) is 67.3 Å². The second kappa shape index (κ2) is 8.80. The molecule has 3 aliphatic heterocycles. The van der Waals surface area contributed by atoms with Gasteiger partial charge in [-0.1, -0.05) is 48.5 Å². The molecule has 0 spiro atoms. The molecule has 1 amide bonds. The lowest BCUT2D eigenvalue weighted by molar-refractivity contribution is -0.939. The summed E-state index contributed by atoms with van der Waals surface area (Å²) in [4.78, 5) is 34.5. The third-order valence-electron chi connectivity index (χ3n) is 8.11. The summed E-state index contributed by atoms with van der Waals surface area (Å²) in [6, 6.07) is 15.1. The molecule has 0 saturated carbocycles. The summed E-state index contributed by atoms with van der Waals surface area (Å²) in [5.41, 5.74) is 1.73. The van der Waals surface area contributed by atoms with Crippen molar-refractivity contribution in [2.75, 3.05) is 31.5 Å². The zero-order valence-corrected chi connectivity index (χ0v) is 20.0. The number of anilines is 1. The monoisotopic (exact) mass is 485 g/mol. The zero-order valence-electron chi connectivity index (χ0n) is 20.0. The van der Waals surface area contributed by atoms with Gasteiger partial charge in [0, 0.05) is 29.9 Å². The van der Waals surface area contributed by atoms with Crippen molar-refractivity contribution in [1.82, 2.24) is 9.97 Å². The molecule has 2 aromatic carbocycles. The molecular formula is C28H29N4O4+. The number of nitrogens with zero attached hydrogens (tertiary/aromatic N) is 3. The van der Waals surface area contributed by atoms with Crippen LogP contribution in [0, 0.1) is 5.92 Å². The van der Waals surface area contributed by atoms with Crippen molar-refractivity contribution in [2.45, 2.75) is 31.0 Å². The van der Waals surface area contributed by atoms with Gasteiger partial charge < -0.3 is 19.6 Å². The van der Waals surface area contributed by atoms with E-state index in [0.717, 1.165) is 37.1 Å². The molecular weight excluding hydrogens is 456 g/mol. The van der Waals surface area contributed by atoms with Gasteiger partial charge in [-0.3, -0.25) is 4.79 Å². The van der Waals surface area contributed by atoms with Gasteiger partial charge in [0.25, 0.3) is 5.91 Å². The molecule has 1 aliphatic carbocycles. The number of esters is 1. The van der Waals surface area contributed by atoms with E-state index in [9.17, 15) is 14.7 Å². The van der Waals surface area contributed by atoms with Crippen LogP contribution in [0.4, 0.5) is 5.69 Å². The minimum atomic E-state index is -1.85. The van der Waals surface area contributed by atoms with Crippen LogP contribution in [0.2, 0.25) is 0 Å². The molecule has 0 radical (unpaired) electrons. The molecule has 184 valence electrons. The number of rotatable bonds is 5. The molecule has 8 heteroatoms. The van der Waals surface area contributed by atoms with Crippen LogP contribution in [0.3, 0.4) is 0 Å². The van der Waals surface area contributed by atoms with Crippen molar-refractivity contribution in [3.8, 4) is 0 Å². The molecule has 2 N–H and O–H groups in total. The highest BCUT2D eigenvalue weighted by molar-refractivity contribution is 5.91. The molecule has 7 rings (SSSR count). The standard InChI is InChI=1S/C28H28N4O4/c33-26(31-22-14-29-18-30-15-22)17-32-11-9-19(10-12-32)25(16-32)36-27(34)28(35)23-7-3-1-5-20(23)13-21-6-2-4-8-24(21)28/h1-8,14-15,18-19,25,35H,9-13,16-17H2/p+1/t19?,25-,32?/m0/s1. The highest BCUT2D eigenvalue weighted by atomic mass is 16.6. The summed E-state index contributed by atoms with van der Waals surface area (Å²) in [5, 5.41) is 14.8. The van der Waals surface area contributed by atoms with Crippen LogP contribution in [-0.4, -0.2) is 63.7 Å². The molecule has 4 heterocycles. The molecule has 2 bridgehead atoms. The van der Waals surface area contributed by atoms with Crippen LogP contribution < -0.4 is 5.32 Å². The largest absolute Gasteiger partial charge is 0.453 e. The normalized spacial score (nSPS) is 25.4. The summed E-state index contributed by atoms with van der Waals surface area (Å²) in [6.45, 7) is 2.60. The van der Waals surface area contributed by atoms with Gasteiger partial charge in [-0.25, -0.2) is 14.8 Å². The summed E-state index contributed by atoms with van der Waals surface area (Å²) in [6.07, 6.45) is 6.63. The quantitative estimate of drug-likeness (QED) is 0.425. The molecule has 1 aromatic heterocycles. The van der Waals surface area contributed by atoms with E-state index in [-0.39, 0.29) is 17.9 Å². The van der Waals surface area contributed by atoms with Crippen molar-refractivity contribution in [1.29, 1.82) is 0 Å². The third kappa shape index (κ3) is 3.86. The number of carbonyl (C=O) groups is 2. The smallest absolute Gasteiger partial charge is 0.348 e. The molecule has 3 aromatic rings. The number of piperidine rings is 3. The fourth-order valence-corrected chi connectivity index (χ4v) is 6.29. The number of hydrogen-bond acceptors (Lipinski definition) is 6. The van der Waals surface area contributed by atoms with Crippen LogP contribution >= 0.6 is 0 Å². The fourth-order valence-electron chi connectivity index (χ4n) is 6.29. The van der Waals surface area contributed by atoms with Gasteiger partial charge >= 0.3 is 5.97 Å². The maximum Gasteiger partial charge on any atom is 0.348 e. The predicted molar refractivity (Wildman–Crippen MR) is 132 cm³/mol. The zero-order chi connectivity index (χ0) is 24.8. The van der Waals surface area contributed by atoms with Gasteiger partial charge in [-0.2, -0.15) is 0 Å². The Morgan fingerprint density at radius 3 is 2.25 bits per heavy atom. The van der Waals surface area contributed by atoms with Crippen LogP contribution in [0.5, 0.6) is 0 Å². The summed E-state index contributed by atoms with van der Waals surface area (Å²) >= 11 is 0. The van der Waals surface area contributed by atoms with E-state index in [2.05, 4.69) is 15.3 Å². The van der Waals surface area contributed by atoms with Gasteiger partial charge in [-0.05, 0) is 17.5 Å². The van der Waals surface area contributed by atoms with Crippen molar-refractivity contribution >= 4 is 17.6 Å². The first-order valence-electron chi connectivity index (χ1n) is 12.5. The number of carbonyl (C=O) groups excluding carboxylic acids is 2. The van der Waals surface area contributed by atoms with E-state index in [4.69, 9.17) is 4.74 Å². The van der Waals surface area contributed by atoms with Crippen molar-refractivity contribution in [3.63, 3.8) is 0 Å². The lowest BCUT2D eigenvalue weighted by atomic mass is 9.74.